The van der Waals surface area contributed by atoms with Gasteiger partial charge in [0.05, 0.1) is 0 Å². The molecule has 0 aromatic rings. The van der Waals surface area contributed by atoms with Gasteiger partial charge in [0.15, 0.2) is 6.10 Å². The van der Waals surface area contributed by atoms with Crippen molar-refractivity contribution in [3.63, 3.8) is 0 Å². The van der Waals surface area contributed by atoms with E-state index in [-0.39, 0.29) is 4.83 Å². The minimum absolute atomic E-state index is 0.389. The highest BCUT2D eigenvalue weighted by molar-refractivity contribution is 9.09. The van der Waals surface area contributed by atoms with Crippen LogP contribution < -0.4 is 0 Å². The zero-order valence-corrected chi connectivity index (χ0v) is 5.92. The summed E-state index contributed by atoms with van der Waals surface area (Å²) < 4.78 is 0. The predicted molar refractivity (Wildman–Crippen MR) is 32.0 cm³/mol. The third-order valence-corrected chi connectivity index (χ3v) is 1.19. The molecule has 8 heavy (non-hydrogen) atoms. The summed E-state index contributed by atoms with van der Waals surface area (Å²) in [7, 11) is 0. The lowest BCUT2D eigenvalue weighted by atomic mass is 10.3. The van der Waals surface area contributed by atoms with Crippen LogP contribution in [-0.4, -0.2) is 27.1 Å². The highest BCUT2D eigenvalue weighted by Crippen LogP contribution is 2.03. The monoisotopic (exact) mass is 182 g/mol. The molecule has 0 radical (unpaired) electrons. The number of aliphatic carboxylic acids is 1. The van der Waals surface area contributed by atoms with Gasteiger partial charge in [0.2, 0.25) is 0 Å². The smallest absolute Gasteiger partial charge is 0.333 e. The van der Waals surface area contributed by atoms with Crippen molar-refractivity contribution < 1.29 is 15.0 Å². The first-order chi connectivity index (χ1) is 3.55. The Morgan fingerprint density at radius 3 is 2.12 bits per heavy atom. The quantitative estimate of drug-likeness (QED) is 0.601. The molecule has 0 amide bonds. The molecule has 0 fully saturated rings. The van der Waals surface area contributed by atoms with Crippen LogP contribution in [0.25, 0.3) is 0 Å². The molecule has 0 heterocycles. The second-order valence-electron chi connectivity index (χ2n) is 1.46. The fraction of sp³-hybridized carbons (Fsp3) is 0.750. The molecule has 0 aliphatic carbocycles. The Hall–Kier alpha value is -0.0900. The van der Waals surface area contributed by atoms with E-state index in [0.29, 0.717) is 0 Å². The van der Waals surface area contributed by atoms with Crippen LogP contribution in [0.15, 0.2) is 0 Å². The van der Waals surface area contributed by atoms with Crippen LogP contribution in [0, 0.1) is 0 Å². The molecular weight excluding hydrogens is 176 g/mol. The SMILES string of the molecule is C[C@H](Br)[C@@H](O)C(=O)O. The molecule has 0 rings (SSSR count). The number of aliphatic hydroxyl groups excluding tert-OH is 1. The molecule has 0 saturated heterocycles. The van der Waals surface area contributed by atoms with E-state index in [1.807, 2.05) is 0 Å². The van der Waals surface area contributed by atoms with E-state index in [9.17, 15) is 4.79 Å². The number of rotatable bonds is 2. The zero-order valence-electron chi connectivity index (χ0n) is 4.34. The normalized spacial score (nSPS) is 17.4. The summed E-state index contributed by atoms with van der Waals surface area (Å²) in [5, 5.41) is 16.6. The molecule has 0 aliphatic heterocycles. The van der Waals surface area contributed by atoms with Crippen molar-refractivity contribution in [3.05, 3.63) is 0 Å². The molecule has 0 aromatic heterocycles. The van der Waals surface area contributed by atoms with Crippen molar-refractivity contribution in [1.29, 1.82) is 0 Å². The summed E-state index contributed by atoms with van der Waals surface area (Å²) in [6.07, 6.45) is -1.30. The van der Waals surface area contributed by atoms with Gasteiger partial charge in [-0.05, 0) is 6.92 Å². The zero-order chi connectivity index (χ0) is 6.73. The largest absolute Gasteiger partial charge is 0.479 e. The molecule has 0 aromatic carbocycles. The van der Waals surface area contributed by atoms with Gasteiger partial charge in [0, 0.05) is 4.83 Å². The molecule has 0 aliphatic rings. The van der Waals surface area contributed by atoms with Crippen LogP contribution in [0.4, 0.5) is 0 Å². The number of hydrogen-bond acceptors (Lipinski definition) is 2. The van der Waals surface area contributed by atoms with Gasteiger partial charge in [-0.25, -0.2) is 4.79 Å². The number of alkyl halides is 1. The third kappa shape index (κ3) is 2.28. The van der Waals surface area contributed by atoms with Crippen molar-refractivity contribution in [3.8, 4) is 0 Å². The Morgan fingerprint density at radius 1 is 1.75 bits per heavy atom. The van der Waals surface area contributed by atoms with E-state index in [2.05, 4.69) is 15.9 Å². The van der Waals surface area contributed by atoms with Gasteiger partial charge < -0.3 is 10.2 Å². The van der Waals surface area contributed by atoms with Gasteiger partial charge in [-0.3, -0.25) is 0 Å². The summed E-state index contributed by atoms with van der Waals surface area (Å²) in [4.78, 5) is 9.47. The van der Waals surface area contributed by atoms with E-state index in [4.69, 9.17) is 10.2 Å². The summed E-state index contributed by atoms with van der Waals surface area (Å²) in [5.41, 5.74) is 0. The van der Waals surface area contributed by atoms with E-state index in [0.717, 1.165) is 0 Å². The summed E-state index contributed by atoms with van der Waals surface area (Å²) in [6.45, 7) is 1.57. The molecule has 2 N–H and O–H groups in total. The summed E-state index contributed by atoms with van der Waals surface area (Å²) >= 11 is 2.91. The number of halogens is 1. The number of carbonyl (C=O) groups is 1. The van der Waals surface area contributed by atoms with Crippen molar-refractivity contribution in [2.24, 2.45) is 0 Å². The average Bonchev–Trinajstić information content (AvgIpc) is 1.64. The first-order valence-electron chi connectivity index (χ1n) is 2.10. The third-order valence-electron chi connectivity index (χ3n) is 0.688. The standard InChI is InChI=1S/C4H7BrO3/c1-2(5)3(6)4(7)8/h2-3,6H,1H3,(H,7,8)/t2-,3+/m0/s1. The molecule has 2 atom stereocenters. The summed E-state index contributed by atoms with van der Waals surface area (Å²) in [6, 6.07) is 0. The van der Waals surface area contributed by atoms with Gasteiger partial charge in [-0.1, -0.05) is 15.9 Å². The Bertz CT molecular complexity index is 91.3. The maximum atomic E-state index is 9.86. The van der Waals surface area contributed by atoms with Crippen LogP contribution in [0.1, 0.15) is 6.92 Å². The van der Waals surface area contributed by atoms with E-state index >= 15 is 0 Å². The molecule has 0 unspecified atom stereocenters. The molecule has 0 saturated carbocycles. The summed E-state index contributed by atoms with van der Waals surface area (Å²) in [5.74, 6) is -1.20. The number of hydrogen-bond donors (Lipinski definition) is 2. The minimum atomic E-state index is -1.30. The average molecular weight is 183 g/mol. The Morgan fingerprint density at radius 2 is 2.12 bits per heavy atom. The van der Waals surface area contributed by atoms with Crippen LogP contribution in [0.3, 0.4) is 0 Å². The molecular formula is C4H7BrO3. The topological polar surface area (TPSA) is 57.5 Å². The fourth-order valence-electron chi connectivity index (χ4n) is 0.196. The second kappa shape index (κ2) is 3.04. The van der Waals surface area contributed by atoms with Gasteiger partial charge >= 0.3 is 5.97 Å². The van der Waals surface area contributed by atoms with Crippen molar-refractivity contribution in [2.75, 3.05) is 0 Å². The number of carboxylic acids is 1. The lowest BCUT2D eigenvalue weighted by Gasteiger charge is -2.04. The fourth-order valence-corrected chi connectivity index (χ4v) is 0.423. The molecule has 0 spiro atoms. The number of carboxylic acid groups (broad SMARTS) is 1. The Labute approximate surface area is 55.5 Å². The molecule has 48 valence electrons. The maximum absolute atomic E-state index is 9.86. The highest BCUT2D eigenvalue weighted by Gasteiger charge is 2.17. The highest BCUT2D eigenvalue weighted by atomic mass is 79.9. The van der Waals surface area contributed by atoms with Crippen LogP contribution in [0.5, 0.6) is 0 Å². The van der Waals surface area contributed by atoms with Gasteiger partial charge in [0.25, 0.3) is 0 Å². The predicted octanol–water partition coefficient (Wildman–Crippen LogP) is 0.215. The number of aliphatic hydroxyl groups is 1. The van der Waals surface area contributed by atoms with Crippen molar-refractivity contribution >= 4 is 21.9 Å². The van der Waals surface area contributed by atoms with E-state index < -0.39 is 12.1 Å². The van der Waals surface area contributed by atoms with Crippen LogP contribution in [0.2, 0.25) is 0 Å². The van der Waals surface area contributed by atoms with Gasteiger partial charge in [0.1, 0.15) is 0 Å². The van der Waals surface area contributed by atoms with Crippen molar-refractivity contribution in [1.82, 2.24) is 0 Å². The van der Waals surface area contributed by atoms with Crippen LogP contribution in [-0.2, 0) is 4.79 Å². The maximum Gasteiger partial charge on any atom is 0.333 e. The first-order valence-corrected chi connectivity index (χ1v) is 3.02. The minimum Gasteiger partial charge on any atom is -0.479 e. The van der Waals surface area contributed by atoms with Crippen LogP contribution >= 0.6 is 15.9 Å². The first kappa shape index (κ1) is 7.91. The van der Waals surface area contributed by atoms with Gasteiger partial charge in [-0.2, -0.15) is 0 Å². The molecule has 3 nitrogen and oxygen atoms in total. The van der Waals surface area contributed by atoms with E-state index in [1.165, 1.54) is 0 Å². The lowest BCUT2D eigenvalue weighted by Crippen LogP contribution is -2.27. The Kier molecular flexibility index (Phi) is 3.01. The van der Waals surface area contributed by atoms with Crippen molar-refractivity contribution in [2.45, 2.75) is 17.9 Å². The van der Waals surface area contributed by atoms with Gasteiger partial charge in [-0.15, -0.1) is 0 Å². The lowest BCUT2D eigenvalue weighted by molar-refractivity contribution is -0.146. The molecule has 0 bridgehead atoms. The molecule has 4 heteroatoms. The van der Waals surface area contributed by atoms with E-state index in [1.54, 1.807) is 6.92 Å². The Balaban J connectivity index is 3.64. The second-order valence-corrected chi connectivity index (χ2v) is 2.90.